The van der Waals surface area contributed by atoms with E-state index < -0.39 is 0 Å². The number of aromatic amines is 1. The van der Waals surface area contributed by atoms with Crippen LogP contribution in [0.25, 0.3) is 10.9 Å². The molecule has 17 heavy (non-hydrogen) atoms. The Morgan fingerprint density at radius 1 is 1.53 bits per heavy atom. The van der Waals surface area contributed by atoms with Gasteiger partial charge in [-0.3, -0.25) is 4.79 Å². The van der Waals surface area contributed by atoms with Crippen molar-refractivity contribution in [1.82, 2.24) is 9.97 Å². The number of nitrogens with one attached hydrogen (secondary N) is 2. The lowest BCUT2D eigenvalue weighted by Crippen LogP contribution is -2.14. The quantitative estimate of drug-likeness (QED) is 0.818. The van der Waals surface area contributed by atoms with E-state index in [1.165, 1.54) is 0 Å². The number of carbonyl (C=O) groups excluding carboxylic acids is 1. The monoisotopic (exact) mass is 226 g/mol. The molecule has 1 fully saturated rings. The van der Waals surface area contributed by atoms with E-state index in [4.69, 9.17) is 5.26 Å². The van der Waals surface area contributed by atoms with Gasteiger partial charge < -0.3 is 10.3 Å². The summed E-state index contributed by atoms with van der Waals surface area (Å²) in [6, 6.07) is 5.51. The maximum absolute atomic E-state index is 11.6. The summed E-state index contributed by atoms with van der Waals surface area (Å²) < 4.78 is 0. The van der Waals surface area contributed by atoms with Gasteiger partial charge in [0.25, 0.3) is 0 Å². The number of hydrogen-bond donors (Lipinski definition) is 2. The molecule has 0 bridgehead atoms. The topological polar surface area (TPSA) is 81.6 Å². The first-order chi connectivity index (χ1) is 8.26. The minimum Gasteiger partial charge on any atom is -0.346 e. The molecule has 1 aliphatic rings. The van der Waals surface area contributed by atoms with Gasteiger partial charge in [-0.1, -0.05) is 0 Å². The Balaban J connectivity index is 1.90. The molecule has 0 spiro atoms. The van der Waals surface area contributed by atoms with Gasteiger partial charge in [0, 0.05) is 23.6 Å². The molecule has 1 amide bonds. The number of nitrogens with zero attached hydrogens (tertiary/aromatic N) is 2. The molecule has 1 saturated carbocycles. The Bertz CT molecular complexity index is 633. The molecule has 84 valence electrons. The van der Waals surface area contributed by atoms with Crippen molar-refractivity contribution < 1.29 is 4.79 Å². The van der Waals surface area contributed by atoms with Gasteiger partial charge in [-0.2, -0.15) is 5.26 Å². The van der Waals surface area contributed by atoms with Gasteiger partial charge in [0.1, 0.15) is 17.6 Å². The number of carbonyl (C=O) groups is 1. The van der Waals surface area contributed by atoms with Crippen LogP contribution in [0.3, 0.4) is 0 Å². The fraction of sp³-hybridized carbons (Fsp3) is 0.250. The van der Waals surface area contributed by atoms with Crippen LogP contribution in [0.4, 0.5) is 5.82 Å². The van der Waals surface area contributed by atoms with Crippen molar-refractivity contribution in [2.75, 3.05) is 5.32 Å². The molecule has 0 aromatic carbocycles. The fourth-order valence-electron chi connectivity index (χ4n) is 1.73. The molecule has 3 rings (SSSR count). The van der Waals surface area contributed by atoms with Gasteiger partial charge in [-0.25, -0.2) is 4.98 Å². The summed E-state index contributed by atoms with van der Waals surface area (Å²) in [5, 5.41) is 12.4. The first-order valence-electron chi connectivity index (χ1n) is 5.46. The number of amides is 1. The molecule has 0 aliphatic heterocycles. The Morgan fingerprint density at radius 3 is 3.06 bits per heavy atom. The minimum atomic E-state index is 0.0314. The predicted molar refractivity (Wildman–Crippen MR) is 62.2 cm³/mol. The second-order valence-corrected chi connectivity index (χ2v) is 4.22. The molecule has 0 saturated heterocycles. The molecule has 2 aromatic heterocycles. The van der Waals surface area contributed by atoms with Gasteiger partial charge in [-0.05, 0) is 18.9 Å². The molecule has 0 unspecified atom stereocenters. The lowest BCUT2D eigenvalue weighted by molar-refractivity contribution is -0.117. The van der Waals surface area contributed by atoms with Crippen molar-refractivity contribution in [3.05, 3.63) is 24.0 Å². The van der Waals surface area contributed by atoms with Gasteiger partial charge in [0.2, 0.25) is 5.91 Å². The van der Waals surface area contributed by atoms with Crippen LogP contribution in [0, 0.1) is 17.2 Å². The zero-order valence-corrected chi connectivity index (χ0v) is 9.03. The summed E-state index contributed by atoms with van der Waals surface area (Å²) in [5.74, 6) is 0.718. The highest BCUT2D eigenvalue weighted by molar-refractivity contribution is 5.94. The molecule has 0 atom stereocenters. The third-order valence-corrected chi connectivity index (χ3v) is 2.82. The first kappa shape index (κ1) is 9.85. The van der Waals surface area contributed by atoms with Crippen molar-refractivity contribution in [2.24, 2.45) is 5.92 Å². The van der Waals surface area contributed by atoms with E-state index in [9.17, 15) is 4.79 Å². The summed E-state index contributed by atoms with van der Waals surface area (Å²) in [4.78, 5) is 18.7. The molecule has 1 aliphatic carbocycles. The van der Waals surface area contributed by atoms with Gasteiger partial charge in [0.15, 0.2) is 0 Å². The molecule has 5 heteroatoms. The van der Waals surface area contributed by atoms with Crippen molar-refractivity contribution >= 4 is 22.6 Å². The maximum Gasteiger partial charge on any atom is 0.228 e. The number of H-pyrrole nitrogens is 1. The summed E-state index contributed by atoms with van der Waals surface area (Å²) in [7, 11) is 0. The van der Waals surface area contributed by atoms with Crippen molar-refractivity contribution in [2.45, 2.75) is 12.8 Å². The van der Waals surface area contributed by atoms with Crippen LogP contribution in [0.2, 0.25) is 0 Å². The van der Waals surface area contributed by atoms with Crippen LogP contribution in [0.5, 0.6) is 0 Å². The average molecular weight is 226 g/mol. The molecule has 2 N–H and O–H groups in total. The minimum absolute atomic E-state index is 0.0314. The first-order valence-corrected chi connectivity index (χ1v) is 5.46. The van der Waals surface area contributed by atoms with Gasteiger partial charge in [-0.15, -0.1) is 0 Å². The smallest absolute Gasteiger partial charge is 0.228 e. The highest BCUT2D eigenvalue weighted by Gasteiger charge is 2.29. The maximum atomic E-state index is 11.6. The summed E-state index contributed by atoms with van der Waals surface area (Å²) in [6.07, 6.45) is 3.58. The van der Waals surface area contributed by atoms with Crippen molar-refractivity contribution in [3.8, 4) is 6.07 Å². The standard InChI is InChI=1S/C12H10N4O/c13-5-9-3-8-6-14-11(4-10(8)15-9)16-12(17)7-1-2-7/h3-4,6-7,15H,1-2H2,(H,14,16,17). The van der Waals surface area contributed by atoms with Crippen LogP contribution in [-0.2, 0) is 4.79 Å². The van der Waals surface area contributed by atoms with Crippen LogP contribution in [-0.4, -0.2) is 15.9 Å². The van der Waals surface area contributed by atoms with Crippen LogP contribution in [0.1, 0.15) is 18.5 Å². The lowest BCUT2D eigenvalue weighted by atomic mass is 10.3. The SMILES string of the molecule is N#Cc1cc2cnc(NC(=O)C3CC3)cc2[nH]1. The van der Waals surface area contributed by atoms with Crippen LogP contribution in [0.15, 0.2) is 18.3 Å². The summed E-state index contributed by atoms with van der Waals surface area (Å²) in [6.45, 7) is 0. The number of pyridine rings is 1. The molecule has 0 radical (unpaired) electrons. The molecule has 5 nitrogen and oxygen atoms in total. The van der Waals surface area contributed by atoms with Gasteiger partial charge >= 0.3 is 0 Å². The third kappa shape index (κ3) is 1.85. The van der Waals surface area contributed by atoms with E-state index in [2.05, 4.69) is 15.3 Å². The number of anilines is 1. The Hall–Kier alpha value is -2.35. The zero-order valence-electron chi connectivity index (χ0n) is 9.03. The normalized spacial score (nSPS) is 14.5. The number of fused-ring (bicyclic) bond motifs is 1. The summed E-state index contributed by atoms with van der Waals surface area (Å²) >= 11 is 0. The van der Waals surface area contributed by atoms with Crippen LogP contribution >= 0.6 is 0 Å². The lowest BCUT2D eigenvalue weighted by Gasteiger charge is -2.02. The van der Waals surface area contributed by atoms with Crippen molar-refractivity contribution in [3.63, 3.8) is 0 Å². The Labute approximate surface area is 97.5 Å². The van der Waals surface area contributed by atoms with E-state index in [0.29, 0.717) is 11.5 Å². The second-order valence-electron chi connectivity index (χ2n) is 4.22. The second kappa shape index (κ2) is 3.59. The third-order valence-electron chi connectivity index (χ3n) is 2.82. The number of rotatable bonds is 2. The highest BCUT2D eigenvalue weighted by Crippen LogP contribution is 2.30. The average Bonchev–Trinajstić information content (AvgIpc) is 3.09. The van der Waals surface area contributed by atoms with E-state index in [-0.39, 0.29) is 11.8 Å². The summed E-state index contributed by atoms with van der Waals surface area (Å²) in [5.41, 5.74) is 1.30. The Morgan fingerprint density at radius 2 is 2.35 bits per heavy atom. The van der Waals surface area contributed by atoms with Gasteiger partial charge in [0.05, 0.1) is 5.52 Å². The molecular weight excluding hydrogens is 216 g/mol. The molecule has 2 heterocycles. The van der Waals surface area contributed by atoms with E-state index in [1.807, 2.05) is 6.07 Å². The van der Waals surface area contributed by atoms with E-state index in [1.54, 1.807) is 18.3 Å². The largest absolute Gasteiger partial charge is 0.346 e. The van der Waals surface area contributed by atoms with Crippen molar-refractivity contribution in [1.29, 1.82) is 5.26 Å². The fourth-order valence-corrected chi connectivity index (χ4v) is 1.73. The molecular formula is C12H10N4O. The Kier molecular flexibility index (Phi) is 2.08. The zero-order chi connectivity index (χ0) is 11.8. The number of hydrogen-bond acceptors (Lipinski definition) is 3. The molecule has 2 aromatic rings. The predicted octanol–water partition coefficient (Wildman–Crippen LogP) is 1.78. The van der Waals surface area contributed by atoms with Crippen LogP contribution < -0.4 is 5.32 Å². The highest BCUT2D eigenvalue weighted by atomic mass is 16.2. The number of nitriles is 1. The number of aromatic nitrogens is 2. The van der Waals surface area contributed by atoms with E-state index >= 15 is 0 Å². The van der Waals surface area contributed by atoms with E-state index in [0.717, 1.165) is 23.7 Å².